The number of amides is 1. The molecule has 0 saturated carbocycles. The summed E-state index contributed by atoms with van der Waals surface area (Å²) in [4.78, 5) is 18.8. The molecule has 1 aromatic heterocycles. The van der Waals surface area contributed by atoms with E-state index in [0.29, 0.717) is 42.7 Å². The third kappa shape index (κ3) is 5.44. The number of benzene rings is 1. The van der Waals surface area contributed by atoms with Crippen molar-refractivity contribution in [3.8, 4) is 0 Å². The van der Waals surface area contributed by atoms with Crippen LogP contribution in [0.4, 0.5) is 5.69 Å². The maximum Gasteiger partial charge on any atom is 0.243 e. The number of piperazine rings is 1. The van der Waals surface area contributed by atoms with Crippen LogP contribution in [0.3, 0.4) is 0 Å². The van der Waals surface area contributed by atoms with Crippen LogP contribution in [0.1, 0.15) is 38.7 Å². The summed E-state index contributed by atoms with van der Waals surface area (Å²) >= 11 is 6.01. The van der Waals surface area contributed by atoms with Crippen molar-refractivity contribution in [1.82, 2.24) is 14.2 Å². The fraction of sp³-hybridized carbons (Fsp3) is 0.455. The van der Waals surface area contributed by atoms with Crippen LogP contribution in [0.15, 0.2) is 47.5 Å². The molecule has 2 heterocycles. The molecule has 1 N–H and O–H groups in total. The lowest BCUT2D eigenvalue weighted by Crippen LogP contribution is -2.53. The van der Waals surface area contributed by atoms with E-state index >= 15 is 0 Å². The molecule has 2 atom stereocenters. The Kier molecular flexibility index (Phi) is 7.69. The molecule has 0 spiro atoms. The van der Waals surface area contributed by atoms with Crippen LogP contribution in [0.5, 0.6) is 0 Å². The minimum atomic E-state index is -3.55. The van der Waals surface area contributed by atoms with Crippen molar-refractivity contribution >= 4 is 33.2 Å². The number of carbonyl (C=O) groups is 1. The highest BCUT2D eigenvalue weighted by molar-refractivity contribution is 7.89. The van der Waals surface area contributed by atoms with E-state index in [2.05, 4.69) is 24.1 Å². The summed E-state index contributed by atoms with van der Waals surface area (Å²) in [7, 11) is -3.55. The number of hydrogen-bond donors (Lipinski definition) is 1. The van der Waals surface area contributed by atoms with Gasteiger partial charge in [-0.25, -0.2) is 13.4 Å². The highest BCUT2D eigenvalue weighted by Gasteiger charge is 2.32. The largest absolute Gasteiger partial charge is 0.322 e. The Hall–Kier alpha value is -2.00. The molecule has 0 aliphatic carbocycles. The van der Waals surface area contributed by atoms with Crippen LogP contribution in [0.2, 0.25) is 5.15 Å². The van der Waals surface area contributed by atoms with E-state index in [0.717, 1.165) is 12.0 Å². The molecular formula is C22H29ClN4O3S. The second kappa shape index (κ2) is 10.1. The molecule has 3 rings (SSSR count). The van der Waals surface area contributed by atoms with E-state index in [4.69, 9.17) is 11.6 Å². The molecule has 0 bridgehead atoms. The Morgan fingerprint density at radius 2 is 1.77 bits per heavy atom. The number of rotatable bonds is 7. The normalized spacial score (nSPS) is 17.8. The van der Waals surface area contributed by atoms with Gasteiger partial charge in [-0.15, -0.1) is 0 Å². The third-order valence-corrected chi connectivity index (χ3v) is 8.13. The Labute approximate surface area is 189 Å². The van der Waals surface area contributed by atoms with Crippen LogP contribution in [0, 0.1) is 0 Å². The fourth-order valence-corrected chi connectivity index (χ4v) is 5.16. The highest BCUT2D eigenvalue weighted by Crippen LogP contribution is 2.24. The summed E-state index contributed by atoms with van der Waals surface area (Å²) in [5.41, 5.74) is 1.60. The first kappa shape index (κ1) is 23.7. The van der Waals surface area contributed by atoms with Crippen LogP contribution < -0.4 is 5.32 Å². The average Bonchev–Trinajstić information content (AvgIpc) is 2.79. The van der Waals surface area contributed by atoms with Gasteiger partial charge in [-0.3, -0.25) is 9.69 Å². The fourth-order valence-electron chi connectivity index (χ4n) is 3.57. The third-order valence-electron chi connectivity index (χ3n) is 5.92. The van der Waals surface area contributed by atoms with Gasteiger partial charge in [0.15, 0.2) is 5.15 Å². The molecule has 2 aromatic rings. The zero-order valence-corrected chi connectivity index (χ0v) is 19.7. The van der Waals surface area contributed by atoms with Gasteiger partial charge < -0.3 is 5.32 Å². The molecule has 1 fully saturated rings. The maximum atomic E-state index is 13.0. The number of hydrogen-bond acceptors (Lipinski definition) is 5. The molecule has 2 unspecified atom stereocenters. The first-order chi connectivity index (χ1) is 14.7. The Morgan fingerprint density at radius 1 is 1.13 bits per heavy atom. The first-order valence-corrected chi connectivity index (χ1v) is 12.3. The summed E-state index contributed by atoms with van der Waals surface area (Å²) < 4.78 is 27.6. The van der Waals surface area contributed by atoms with Crippen molar-refractivity contribution in [2.75, 3.05) is 31.5 Å². The van der Waals surface area contributed by atoms with Crippen LogP contribution in [-0.2, 0) is 14.8 Å². The van der Waals surface area contributed by atoms with E-state index in [1.165, 1.54) is 4.31 Å². The van der Waals surface area contributed by atoms with Crippen LogP contribution >= 0.6 is 11.6 Å². The quantitative estimate of drug-likeness (QED) is 0.633. The number of nitrogens with zero attached hydrogens (tertiary/aromatic N) is 3. The predicted molar refractivity (Wildman–Crippen MR) is 123 cm³/mol. The summed E-state index contributed by atoms with van der Waals surface area (Å²) in [6, 6.07) is 10.1. The first-order valence-electron chi connectivity index (χ1n) is 10.5. The summed E-state index contributed by atoms with van der Waals surface area (Å²) in [5, 5.41) is 3.02. The zero-order valence-electron chi connectivity index (χ0n) is 18.1. The van der Waals surface area contributed by atoms with E-state index in [9.17, 15) is 13.2 Å². The number of anilines is 1. The van der Waals surface area contributed by atoms with E-state index in [1.54, 1.807) is 37.4 Å². The maximum absolute atomic E-state index is 13.0. The Bertz CT molecular complexity index is 1010. The van der Waals surface area contributed by atoms with E-state index < -0.39 is 16.1 Å². The second-order valence-corrected chi connectivity index (χ2v) is 10.1. The minimum Gasteiger partial charge on any atom is -0.322 e. The average molecular weight is 465 g/mol. The summed E-state index contributed by atoms with van der Waals surface area (Å²) in [5.74, 6) is 0.196. The molecule has 168 valence electrons. The number of halogens is 1. The molecule has 1 amide bonds. The number of pyridine rings is 1. The molecule has 1 aromatic carbocycles. The van der Waals surface area contributed by atoms with Gasteiger partial charge in [-0.2, -0.15) is 4.31 Å². The predicted octanol–water partition coefficient (Wildman–Crippen LogP) is 3.58. The summed E-state index contributed by atoms with van der Waals surface area (Å²) in [6.07, 6.45) is 2.56. The number of sulfonamides is 1. The number of carbonyl (C=O) groups excluding carboxylic acids is 1. The topological polar surface area (TPSA) is 82.6 Å². The van der Waals surface area contributed by atoms with Gasteiger partial charge in [0.1, 0.15) is 0 Å². The van der Waals surface area contributed by atoms with Crippen molar-refractivity contribution in [2.24, 2.45) is 0 Å². The number of aromatic nitrogens is 1. The molecule has 1 aliphatic rings. The lowest BCUT2D eigenvalue weighted by atomic mass is 9.99. The van der Waals surface area contributed by atoms with Crippen molar-refractivity contribution in [3.63, 3.8) is 0 Å². The van der Waals surface area contributed by atoms with Gasteiger partial charge in [0.25, 0.3) is 0 Å². The van der Waals surface area contributed by atoms with Crippen molar-refractivity contribution in [1.29, 1.82) is 0 Å². The number of nitrogens with one attached hydrogen (secondary N) is 1. The van der Waals surface area contributed by atoms with E-state index in [-0.39, 0.29) is 11.1 Å². The molecular weight excluding hydrogens is 436 g/mol. The SMILES string of the molecule is CCC(C)c1ccc(S(=O)(=O)N2CCN(C(C)C(=O)Nc3cccnc3Cl)CC2)cc1. The van der Waals surface area contributed by atoms with Gasteiger partial charge in [0, 0.05) is 32.4 Å². The summed E-state index contributed by atoms with van der Waals surface area (Å²) in [6.45, 7) is 7.65. The Balaban J connectivity index is 1.60. The van der Waals surface area contributed by atoms with Gasteiger partial charge in [0.2, 0.25) is 15.9 Å². The lowest BCUT2D eigenvalue weighted by Gasteiger charge is -2.36. The van der Waals surface area contributed by atoms with Gasteiger partial charge in [0.05, 0.1) is 16.6 Å². The van der Waals surface area contributed by atoms with Crippen LogP contribution in [0.25, 0.3) is 0 Å². The lowest BCUT2D eigenvalue weighted by molar-refractivity contribution is -0.121. The standard InChI is InChI=1S/C22H29ClN4O3S/c1-4-16(2)18-7-9-19(10-8-18)31(29,30)27-14-12-26(13-15-27)17(3)22(28)25-20-6-5-11-24-21(20)23/h5-11,16-17H,4,12-15H2,1-3H3,(H,25,28). The van der Waals surface area contributed by atoms with Crippen LogP contribution in [-0.4, -0.2) is 60.7 Å². The Morgan fingerprint density at radius 3 is 2.35 bits per heavy atom. The van der Waals surface area contributed by atoms with E-state index in [1.807, 2.05) is 17.0 Å². The molecule has 1 aliphatic heterocycles. The highest BCUT2D eigenvalue weighted by atomic mass is 35.5. The molecule has 7 nitrogen and oxygen atoms in total. The van der Waals surface area contributed by atoms with Crippen molar-refractivity contribution in [2.45, 2.75) is 44.0 Å². The molecule has 9 heteroatoms. The van der Waals surface area contributed by atoms with Crippen molar-refractivity contribution in [3.05, 3.63) is 53.3 Å². The van der Waals surface area contributed by atoms with Gasteiger partial charge in [-0.05, 0) is 49.1 Å². The molecule has 0 radical (unpaired) electrons. The zero-order chi connectivity index (χ0) is 22.6. The van der Waals surface area contributed by atoms with Crippen molar-refractivity contribution < 1.29 is 13.2 Å². The molecule has 31 heavy (non-hydrogen) atoms. The monoisotopic (exact) mass is 464 g/mol. The van der Waals surface area contributed by atoms with Gasteiger partial charge in [-0.1, -0.05) is 37.6 Å². The second-order valence-electron chi connectivity index (χ2n) is 7.83. The molecule has 1 saturated heterocycles. The minimum absolute atomic E-state index is 0.202. The smallest absolute Gasteiger partial charge is 0.243 e. The van der Waals surface area contributed by atoms with Gasteiger partial charge >= 0.3 is 0 Å².